The van der Waals surface area contributed by atoms with Gasteiger partial charge in [-0.25, -0.2) is 0 Å². The molecule has 0 bridgehead atoms. The molecule has 1 amide bonds. The van der Waals surface area contributed by atoms with Crippen LogP contribution in [0.5, 0.6) is 0 Å². The Labute approximate surface area is 116 Å². The summed E-state index contributed by atoms with van der Waals surface area (Å²) in [6.45, 7) is 3.74. The SMILES string of the molecule is Cc1cc(C(=O)NC[C@@H]2CNC[C@H]2O)c2[nH]ncc2c1. The molecule has 1 aromatic heterocycles. The standard InChI is InChI=1S/C14H18N4O2/c1-8-2-9-6-17-18-13(9)11(3-8)14(20)16-5-10-4-15-7-12(10)19/h2-3,6,10,12,15,19H,4-5,7H2,1H3,(H,16,20)(H,17,18)/t10-,12+/m0/s1. The number of rotatable bonds is 3. The molecule has 0 radical (unpaired) electrons. The number of fused-ring (bicyclic) bond motifs is 1. The summed E-state index contributed by atoms with van der Waals surface area (Å²) >= 11 is 0. The number of aliphatic hydroxyl groups excluding tert-OH is 1. The Morgan fingerprint density at radius 2 is 2.35 bits per heavy atom. The fourth-order valence-corrected chi connectivity index (χ4v) is 2.63. The maximum atomic E-state index is 12.3. The van der Waals surface area contributed by atoms with Gasteiger partial charge in [0.15, 0.2) is 0 Å². The number of β-amino-alcohol motifs (C(OH)–C–C–N with tert-alkyl or cyclic N) is 1. The van der Waals surface area contributed by atoms with E-state index >= 15 is 0 Å². The Morgan fingerprint density at radius 3 is 3.10 bits per heavy atom. The van der Waals surface area contributed by atoms with Gasteiger partial charge in [-0.2, -0.15) is 5.10 Å². The molecule has 1 aliphatic rings. The van der Waals surface area contributed by atoms with Gasteiger partial charge in [0.2, 0.25) is 0 Å². The minimum absolute atomic E-state index is 0.0704. The van der Waals surface area contributed by atoms with Crippen LogP contribution in [-0.4, -0.2) is 46.9 Å². The molecule has 0 spiro atoms. The first-order chi connectivity index (χ1) is 9.65. The fourth-order valence-electron chi connectivity index (χ4n) is 2.63. The van der Waals surface area contributed by atoms with Gasteiger partial charge in [-0.15, -0.1) is 0 Å². The van der Waals surface area contributed by atoms with Crippen LogP contribution in [-0.2, 0) is 0 Å². The Hall–Kier alpha value is -1.92. The number of aromatic amines is 1. The van der Waals surface area contributed by atoms with Crippen LogP contribution in [0.3, 0.4) is 0 Å². The molecule has 0 aliphatic carbocycles. The van der Waals surface area contributed by atoms with E-state index in [1.54, 1.807) is 6.20 Å². The number of benzene rings is 1. The summed E-state index contributed by atoms with van der Waals surface area (Å²) in [4.78, 5) is 12.3. The van der Waals surface area contributed by atoms with Gasteiger partial charge in [0.05, 0.1) is 23.4 Å². The highest BCUT2D eigenvalue weighted by Crippen LogP contribution is 2.18. The topological polar surface area (TPSA) is 90.0 Å². The number of hydrogen-bond acceptors (Lipinski definition) is 4. The number of aliphatic hydroxyl groups is 1. The lowest BCUT2D eigenvalue weighted by atomic mass is 10.0. The summed E-state index contributed by atoms with van der Waals surface area (Å²) in [5, 5.41) is 23.5. The number of nitrogens with one attached hydrogen (secondary N) is 3. The fraction of sp³-hybridized carbons (Fsp3) is 0.429. The molecule has 3 rings (SSSR count). The maximum Gasteiger partial charge on any atom is 0.253 e. The van der Waals surface area contributed by atoms with Gasteiger partial charge < -0.3 is 15.7 Å². The lowest BCUT2D eigenvalue weighted by molar-refractivity contribution is 0.0928. The minimum atomic E-state index is -0.389. The predicted octanol–water partition coefficient (Wildman–Crippen LogP) is 0.181. The van der Waals surface area contributed by atoms with E-state index in [0.29, 0.717) is 18.7 Å². The van der Waals surface area contributed by atoms with Crippen molar-refractivity contribution in [2.45, 2.75) is 13.0 Å². The molecule has 2 atom stereocenters. The van der Waals surface area contributed by atoms with Crippen molar-refractivity contribution in [1.29, 1.82) is 0 Å². The van der Waals surface area contributed by atoms with Crippen LogP contribution in [0.1, 0.15) is 15.9 Å². The van der Waals surface area contributed by atoms with Crippen molar-refractivity contribution in [2.24, 2.45) is 5.92 Å². The van der Waals surface area contributed by atoms with Crippen molar-refractivity contribution >= 4 is 16.8 Å². The molecule has 1 aliphatic heterocycles. The maximum absolute atomic E-state index is 12.3. The van der Waals surface area contributed by atoms with Crippen LogP contribution >= 0.6 is 0 Å². The summed E-state index contributed by atoms with van der Waals surface area (Å²) in [6.07, 6.45) is 1.32. The highest BCUT2D eigenvalue weighted by Gasteiger charge is 2.25. The Morgan fingerprint density at radius 1 is 1.50 bits per heavy atom. The number of nitrogens with zero attached hydrogens (tertiary/aromatic N) is 1. The summed E-state index contributed by atoms with van der Waals surface area (Å²) in [5.41, 5.74) is 2.36. The van der Waals surface area contributed by atoms with Crippen molar-refractivity contribution in [1.82, 2.24) is 20.8 Å². The first-order valence-electron chi connectivity index (χ1n) is 6.76. The third-order valence-corrected chi connectivity index (χ3v) is 3.77. The normalized spacial score (nSPS) is 22.3. The van der Waals surface area contributed by atoms with Crippen molar-refractivity contribution in [3.63, 3.8) is 0 Å². The lowest BCUT2D eigenvalue weighted by Crippen LogP contribution is -2.34. The van der Waals surface area contributed by atoms with Crippen LogP contribution in [0.25, 0.3) is 10.9 Å². The Bertz CT molecular complexity index is 637. The molecular formula is C14H18N4O2. The average Bonchev–Trinajstić information content (AvgIpc) is 3.03. The largest absolute Gasteiger partial charge is 0.391 e. The van der Waals surface area contributed by atoms with E-state index < -0.39 is 0 Å². The number of amides is 1. The molecule has 0 unspecified atom stereocenters. The van der Waals surface area contributed by atoms with E-state index in [1.807, 2.05) is 19.1 Å². The summed E-state index contributed by atoms with van der Waals surface area (Å²) in [6, 6.07) is 3.83. The lowest BCUT2D eigenvalue weighted by Gasteiger charge is -2.14. The second kappa shape index (κ2) is 5.22. The second-order valence-corrected chi connectivity index (χ2v) is 5.34. The predicted molar refractivity (Wildman–Crippen MR) is 75.5 cm³/mol. The third-order valence-electron chi connectivity index (χ3n) is 3.77. The molecule has 20 heavy (non-hydrogen) atoms. The van der Waals surface area contributed by atoms with E-state index in [0.717, 1.165) is 23.0 Å². The molecule has 1 fully saturated rings. The molecular weight excluding hydrogens is 256 g/mol. The molecule has 6 nitrogen and oxygen atoms in total. The van der Waals surface area contributed by atoms with Crippen molar-refractivity contribution in [3.8, 4) is 0 Å². The quantitative estimate of drug-likeness (QED) is 0.643. The smallest absolute Gasteiger partial charge is 0.253 e. The average molecular weight is 274 g/mol. The Kier molecular flexibility index (Phi) is 3.42. The van der Waals surface area contributed by atoms with Crippen LogP contribution < -0.4 is 10.6 Å². The van der Waals surface area contributed by atoms with Crippen molar-refractivity contribution in [3.05, 3.63) is 29.5 Å². The van der Waals surface area contributed by atoms with E-state index in [2.05, 4.69) is 20.8 Å². The van der Waals surface area contributed by atoms with Gasteiger partial charge in [0, 0.05) is 30.9 Å². The van der Waals surface area contributed by atoms with E-state index in [9.17, 15) is 9.90 Å². The molecule has 6 heteroatoms. The second-order valence-electron chi connectivity index (χ2n) is 5.34. The van der Waals surface area contributed by atoms with Gasteiger partial charge in [0.25, 0.3) is 5.91 Å². The molecule has 1 aromatic carbocycles. The van der Waals surface area contributed by atoms with Gasteiger partial charge in [-0.1, -0.05) is 0 Å². The minimum Gasteiger partial charge on any atom is -0.391 e. The van der Waals surface area contributed by atoms with Crippen molar-refractivity contribution in [2.75, 3.05) is 19.6 Å². The number of aryl methyl sites for hydroxylation is 1. The molecule has 1 saturated heterocycles. The number of aromatic nitrogens is 2. The van der Waals surface area contributed by atoms with E-state index in [4.69, 9.17) is 0 Å². The Balaban J connectivity index is 1.77. The van der Waals surface area contributed by atoms with E-state index in [-0.39, 0.29) is 17.9 Å². The highest BCUT2D eigenvalue weighted by molar-refractivity contribution is 6.05. The highest BCUT2D eigenvalue weighted by atomic mass is 16.3. The number of H-pyrrole nitrogens is 1. The third kappa shape index (κ3) is 2.39. The van der Waals surface area contributed by atoms with Crippen LogP contribution in [0, 0.1) is 12.8 Å². The van der Waals surface area contributed by atoms with E-state index in [1.165, 1.54) is 0 Å². The molecule has 2 heterocycles. The zero-order valence-electron chi connectivity index (χ0n) is 11.3. The van der Waals surface area contributed by atoms with Crippen LogP contribution in [0.15, 0.2) is 18.3 Å². The monoisotopic (exact) mass is 274 g/mol. The molecule has 2 aromatic rings. The molecule has 106 valence electrons. The zero-order valence-corrected chi connectivity index (χ0v) is 11.3. The van der Waals surface area contributed by atoms with Crippen molar-refractivity contribution < 1.29 is 9.90 Å². The van der Waals surface area contributed by atoms with Gasteiger partial charge >= 0.3 is 0 Å². The number of carbonyl (C=O) groups is 1. The number of carbonyl (C=O) groups excluding carboxylic acids is 1. The summed E-state index contributed by atoms with van der Waals surface area (Å²) in [5.74, 6) is -0.0666. The van der Waals surface area contributed by atoms with Gasteiger partial charge in [0.1, 0.15) is 0 Å². The number of hydrogen-bond donors (Lipinski definition) is 4. The summed E-state index contributed by atoms with van der Waals surface area (Å²) in [7, 11) is 0. The zero-order chi connectivity index (χ0) is 14.1. The van der Waals surface area contributed by atoms with Crippen LogP contribution in [0.4, 0.5) is 0 Å². The molecule has 4 N–H and O–H groups in total. The van der Waals surface area contributed by atoms with Gasteiger partial charge in [-0.05, 0) is 24.6 Å². The van der Waals surface area contributed by atoms with Gasteiger partial charge in [-0.3, -0.25) is 9.89 Å². The molecule has 0 saturated carbocycles. The first-order valence-corrected chi connectivity index (χ1v) is 6.76. The summed E-state index contributed by atoms with van der Waals surface area (Å²) < 4.78 is 0. The first kappa shape index (κ1) is 13.1. The van der Waals surface area contributed by atoms with Crippen LogP contribution in [0.2, 0.25) is 0 Å².